The van der Waals surface area contributed by atoms with Crippen molar-refractivity contribution in [3.8, 4) is 5.75 Å². The summed E-state index contributed by atoms with van der Waals surface area (Å²) in [5, 5.41) is 10.00. The summed E-state index contributed by atoms with van der Waals surface area (Å²) in [6, 6.07) is 21.4. The van der Waals surface area contributed by atoms with Crippen LogP contribution >= 0.6 is 0 Å². The normalized spacial score (nSPS) is 10.8. The summed E-state index contributed by atoms with van der Waals surface area (Å²) in [6.07, 6.45) is 1.74. The molecule has 0 aliphatic carbocycles. The molecule has 22 heavy (non-hydrogen) atoms. The third kappa shape index (κ3) is 2.53. The maximum Gasteiger partial charge on any atom is 0.223 e. The van der Waals surface area contributed by atoms with Crippen molar-refractivity contribution in [1.29, 1.82) is 0 Å². The average Bonchev–Trinajstić information content (AvgIpc) is 2.57. The Labute approximate surface area is 129 Å². The van der Waals surface area contributed by atoms with Crippen molar-refractivity contribution in [3.05, 3.63) is 100.0 Å². The van der Waals surface area contributed by atoms with Gasteiger partial charge < -0.3 is 9.67 Å². The lowest BCUT2D eigenvalue weighted by Crippen LogP contribution is -2.17. The van der Waals surface area contributed by atoms with E-state index >= 15 is 0 Å². The summed E-state index contributed by atoms with van der Waals surface area (Å²) < 4.78 is 1.93. The van der Waals surface area contributed by atoms with Gasteiger partial charge in [-0.15, -0.1) is 0 Å². The lowest BCUT2D eigenvalue weighted by molar-refractivity contribution is 0.451. The third-order valence-corrected chi connectivity index (χ3v) is 3.86. The van der Waals surface area contributed by atoms with Crippen LogP contribution in [0.4, 0.5) is 0 Å². The van der Waals surface area contributed by atoms with E-state index in [9.17, 15) is 9.90 Å². The summed E-state index contributed by atoms with van der Waals surface area (Å²) in [5.74, 6) is -0.195. The standard InChI is InChI=1S/C19H17NO2/c1-14-19(22)17(21)12-13-20(14)18(15-8-4-2-5-9-15)16-10-6-3-7-11-16/h2-13,18,22H,1H3. The SMILES string of the molecule is Cc1c(O)c(=O)ccn1C(c1ccccc1)c1ccccc1. The molecule has 2 aromatic carbocycles. The van der Waals surface area contributed by atoms with Crippen LogP contribution in [0.25, 0.3) is 0 Å². The minimum absolute atomic E-state index is 0.0890. The zero-order chi connectivity index (χ0) is 15.5. The number of benzene rings is 2. The van der Waals surface area contributed by atoms with Crippen LogP contribution in [0.15, 0.2) is 77.7 Å². The van der Waals surface area contributed by atoms with Crippen LogP contribution in [0.1, 0.15) is 22.9 Å². The fourth-order valence-corrected chi connectivity index (χ4v) is 2.70. The first-order valence-corrected chi connectivity index (χ1v) is 7.19. The molecule has 1 heterocycles. The third-order valence-electron chi connectivity index (χ3n) is 3.86. The highest BCUT2D eigenvalue weighted by Crippen LogP contribution is 2.28. The van der Waals surface area contributed by atoms with Crippen molar-refractivity contribution in [3.63, 3.8) is 0 Å². The van der Waals surface area contributed by atoms with Crippen LogP contribution in [0.2, 0.25) is 0 Å². The molecule has 0 aliphatic rings. The molecule has 0 atom stereocenters. The Morgan fingerprint density at radius 1 is 0.864 bits per heavy atom. The zero-order valence-corrected chi connectivity index (χ0v) is 12.3. The Bertz CT molecular complexity index is 784. The first kappa shape index (κ1) is 14.1. The van der Waals surface area contributed by atoms with Gasteiger partial charge in [0.25, 0.3) is 0 Å². The number of rotatable bonds is 3. The van der Waals surface area contributed by atoms with Crippen molar-refractivity contribution in [2.75, 3.05) is 0 Å². The fraction of sp³-hybridized carbons (Fsp3) is 0.105. The van der Waals surface area contributed by atoms with E-state index in [4.69, 9.17) is 0 Å². The smallest absolute Gasteiger partial charge is 0.223 e. The Kier molecular flexibility index (Phi) is 3.79. The number of hydrogen-bond donors (Lipinski definition) is 1. The molecule has 0 aliphatic heterocycles. The minimum Gasteiger partial charge on any atom is -0.503 e. The highest BCUT2D eigenvalue weighted by molar-refractivity contribution is 5.36. The molecule has 0 radical (unpaired) electrons. The summed E-state index contributed by atoms with van der Waals surface area (Å²) in [5.41, 5.74) is 2.40. The highest BCUT2D eigenvalue weighted by Gasteiger charge is 2.18. The topological polar surface area (TPSA) is 42.2 Å². The number of aromatic nitrogens is 1. The molecule has 1 N–H and O–H groups in total. The Hall–Kier alpha value is -2.81. The van der Waals surface area contributed by atoms with E-state index in [1.54, 1.807) is 13.1 Å². The fourth-order valence-electron chi connectivity index (χ4n) is 2.70. The second-order valence-electron chi connectivity index (χ2n) is 5.25. The van der Waals surface area contributed by atoms with Gasteiger partial charge in [-0.2, -0.15) is 0 Å². The monoisotopic (exact) mass is 291 g/mol. The lowest BCUT2D eigenvalue weighted by Gasteiger charge is -2.24. The van der Waals surface area contributed by atoms with Crippen molar-refractivity contribution < 1.29 is 5.11 Å². The van der Waals surface area contributed by atoms with Crippen LogP contribution < -0.4 is 5.43 Å². The summed E-state index contributed by atoms with van der Waals surface area (Å²) in [4.78, 5) is 11.6. The van der Waals surface area contributed by atoms with E-state index in [1.807, 2.05) is 65.2 Å². The molecule has 0 amide bonds. The number of hydrogen-bond acceptors (Lipinski definition) is 2. The van der Waals surface area contributed by atoms with Crippen molar-refractivity contribution >= 4 is 0 Å². The molecule has 3 nitrogen and oxygen atoms in total. The van der Waals surface area contributed by atoms with E-state index in [0.717, 1.165) is 11.1 Å². The summed E-state index contributed by atoms with van der Waals surface area (Å²) in [6.45, 7) is 1.76. The highest BCUT2D eigenvalue weighted by atomic mass is 16.3. The molecular formula is C19H17NO2. The molecule has 0 saturated carbocycles. The Balaban J connectivity index is 2.23. The molecule has 0 spiro atoms. The largest absolute Gasteiger partial charge is 0.503 e. The first-order chi connectivity index (χ1) is 10.7. The minimum atomic E-state index is -0.353. The maximum atomic E-state index is 11.6. The molecule has 0 bridgehead atoms. The first-order valence-electron chi connectivity index (χ1n) is 7.19. The predicted molar refractivity (Wildman–Crippen MR) is 87.2 cm³/mol. The molecule has 0 unspecified atom stereocenters. The number of nitrogens with zero attached hydrogens (tertiary/aromatic N) is 1. The summed E-state index contributed by atoms with van der Waals surface area (Å²) >= 11 is 0. The molecule has 3 aromatic rings. The van der Waals surface area contributed by atoms with Gasteiger partial charge in [-0.1, -0.05) is 60.7 Å². The quantitative estimate of drug-likeness (QED) is 0.802. The van der Waals surface area contributed by atoms with Crippen LogP contribution in [0, 0.1) is 6.92 Å². The van der Waals surface area contributed by atoms with Gasteiger partial charge in [0.1, 0.15) is 0 Å². The molecule has 0 saturated heterocycles. The van der Waals surface area contributed by atoms with Gasteiger partial charge >= 0.3 is 0 Å². The van der Waals surface area contributed by atoms with Crippen LogP contribution in [-0.2, 0) is 0 Å². The van der Waals surface area contributed by atoms with Crippen LogP contribution in [0.3, 0.4) is 0 Å². The second kappa shape index (κ2) is 5.90. The molecule has 0 fully saturated rings. The van der Waals surface area contributed by atoms with Crippen LogP contribution in [0.5, 0.6) is 5.75 Å². The lowest BCUT2D eigenvalue weighted by atomic mass is 9.98. The summed E-state index contributed by atoms with van der Waals surface area (Å²) in [7, 11) is 0. The van der Waals surface area contributed by atoms with E-state index in [0.29, 0.717) is 5.69 Å². The van der Waals surface area contributed by atoms with Crippen LogP contribution in [-0.4, -0.2) is 9.67 Å². The van der Waals surface area contributed by atoms with E-state index < -0.39 is 0 Å². The van der Waals surface area contributed by atoms with Crippen molar-refractivity contribution in [2.24, 2.45) is 0 Å². The number of pyridine rings is 1. The van der Waals surface area contributed by atoms with Gasteiger partial charge in [0.05, 0.1) is 11.7 Å². The molecule has 110 valence electrons. The van der Waals surface area contributed by atoms with E-state index in [-0.39, 0.29) is 17.2 Å². The number of aromatic hydroxyl groups is 1. The molecule has 3 heteroatoms. The zero-order valence-electron chi connectivity index (χ0n) is 12.3. The van der Waals surface area contributed by atoms with E-state index in [2.05, 4.69) is 0 Å². The maximum absolute atomic E-state index is 11.6. The van der Waals surface area contributed by atoms with Gasteiger partial charge in [-0.25, -0.2) is 0 Å². The van der Waals surface area contributed by atoms with Crippen molar-refractivity contribution in [1.82, 2.24) is 4.57 Å². The molecule has 1 aromatic heterocycles. The van der Waals surface area contributed by atoms with Gasteiger partial charge in [-0.3, -0.25) is 4.79 Å². The average molecular weight is 291 g/mol. The Morgan fingerprint density at radius 3 is 1.86 bits per heavy atom. The van der Waals surface area contributed by atoms with E-state index in [1.165, 1.54) is 6.07 Å². The molecule has 3 rings (SSSR count). The van der Waals surface area contributed by atoms with Gasteiger partial charge in [-0.05, 0) is 18.1 Å². The second-order valence-corrected chi connectivity index (χ2v) is 5.25. The Morgan fingerprint density at radius 2 is 1.36 bits per heavy atom. The predicted octanol–water partition coefficient (Wildman–Crippen LogP) is 3.50. The van der Waals surface area contributed by atoms with Gasteiger partial charge in [0.2, 0.25) is 5.43 Å². The van der Waals surface area contributed by atoms with Gasteiger partial charge in [0.15, 0.2) is 5.75 Å². The van der Waals surface area contributed by atoms with Crippen molar-refractivity contribution in [2.45, 2.75) is 13.0 Å². The van der Waals surface area contributed by atoms with Gasteiger partial charge in [0, 0.05) is 12.3 Å². The molecular weight excluding hydrogens is 274 g/mol.